The van der Waals surface area contributed by atoms with Crippen LogP contribution in [0.3, 0.4) is 0 Å². The summed E-state index contributed by atoms with van der Waals surface area (Å²) >= 11 is 1.48. The molecule has 1 fully saturated rings. The number of aliphatic hydroxyl groups excluding tert-OH is 1. The summed E-state index contributed by atoms with van der Waals surface area (Å²) in [5.74, 6) is -1.09. The van der Waals surface area contributed by atoms with Gasteiger partial charge in [0.25, 0.3) is 5.91 Å². The van der Waals surface area contributed by atoms with Gasteiger partial charge in [-0.15, -0.1) is 11.3 Å². The second kappa shape index (κ2) is 14.1. The number of thiophene rings is 1. The van der Waals surface area contributed by atoms with Gasteiger partial charge in [0.05, 0.1) is 24.0 Å². The maximum Gasteiger partial charge on any atom is 0.352 e. The van der Waals surface area contributed by atoms with Crippen molar-refractivity contribution in [1.82, 2.24) is 10.2 Å². The highest BCUT2D eigenvalue weighted by Crippen LogP contribution is 2.52. The average Bonchev–Trinajstić information content (AvgIpc) is 3.53. The zero-order chi connectivity index (χ0) is 33.2. The molecule has 1 aromatic heterocycles. The molecule has 46 heavy (non-hydrogen) atoms. The summed E-state index contributed by atoms with van der Waals surface area (Å²) in [6.45, 7) is 12.7. The van der Waals surface area contributed by atoms with Crippen LogP contribution in [0.25, 0.3) is 0 Å². The quantitative estimate of drug-likeness (QED) is 0.129. The summed E-state index contributed by atoms with van der Waals surface area (Å²) in [6, 6.07) is 2.60. The first-order chi connectivity index (χ1) is 21.9. The Morgan fingerprint density at radius 3 is 2.67 bits per heavy atom. The van der Waals surface area contributed by atoms with Crippen LogP contribution in [0.4, 0.5) is 0 Å². The van der Waals surface area contributed by atoms with Crippen LogP contribution in [0.5, 0.6) is 0 Å². The number of hydrogen-bond acceptors (Lipinski definition) is 6. The number of aliphatic hydroxyl groups is 1. The van der Waals surface area contributed by atoms with Gasteiger partial charge < -0.3 is 20.3 Å². The van der Waals surface area contributed by atoms with Crippen LogP contribution in [0.1, 0.15) is 83.9 Å². The molecule has 6 atom stereocenters. The van der Waals surface area contributed by atoms with Gasteiger partial charge >= 0.3 is 5.97 Å². The Balaban J connectivity index is 1.39. The van der Waals surface area contributed by atoms with E-state index in [4.69, 9.17) is 4.74 Å². The van der Waals surface area contributed by atoms with Gasteiger partial charge in [-0.1, -0.05) is 55.7 Å². The van der Waals surface area contributed by atoms with Crippen LogP contribution in [0.15, 0.2) is 76.1 Å². The Morgan fingerprint density at radius 2 is 2.00 bits per heavy atom. The van der Waals surface area contributed by atoms with Gasteiger partial charge in [-0.2, -0.15) is 0 Å². The minimum Gasteiger partial charge on any atom is -0.493 e. The van der Waals surface area contributed by atoms with E-state index in [2.05, 4.69) is 37.9 Å². The van der Waals surface area contributed by atoms with E-state index in [9.17, 15) is 24.6 Å². The predicted octanol–water partition coefficient (Wildman–Crippen LogP) is 6.46. The Hall–Kier alpha value is -3.43. The van der Waals surface area contributed by atoms with E-state index in [-0.39, 0.29) is 36.5 Å². The van der Waals surface area contributed by atoms with Gasteiger partial charge in [0.2, 0.25) is 5.91 Å². The fraction of sp³-hybridized carbons (Fsp3) is 0.541. The number of hydrogen-bond donors (Lipinski definition) is 3. The number of nitrogens with zero attached hydrogens (tertiary/aromatic N) is 1. The van der Waals surface area contributed by atoms with Crippen molar-refractivity contribution in [3.8, 4) is 0 Å². The van der Waals surface area contributed by atoms with Crippen molar-refractivity contribution in [2.45, 2.75) is 104 Å². The van der Waals surface area contributed by atoms with Crippen LogP contribution in [-0.4, -0.2) is 57.7 Å². The van der Waals surface area contributed by atoms with E-state index < -0.39 is 35.5 Å². The maximum atomic E-state index is 13.3. The van der Waals surface area contributed by atoms with Crippen LogP contribution in [0.2, 0.25) is 0 Å². The zero-order valence-electron chi connectivity index (χ0n) is 27.5. The number of allylic oxidation sites excluding steroid dienone is 5. The molecule has 3 heterocycles. The van der Waals surface area contributed by atoms with Gasteiger partial charge in [-0.3, -0.25) is 14.5 Å². The first-order valence-electron chi connectivity index (χ1n) is 16.6. The van der Waals surface area contributed by atoms with Gasteiger partial charge in [-0.05, 0) is 99.8 Å². The molecule has 2 aliphatic carbocycles. The van der Waals surface area contributed by atoms with E-state index in [1.54, 1.807) is 0 Å². The lowest BCUT2D eigenvalue weighted by Crippen LogP contribution is -2.71. The lowest BCUT2D eigenvalue weighted by atomic mass is 9.59. The highest BCUT2D eigenvalue weighted by molar-refractivity contribution is 7.10. The third-order valence-electron chi connectivity index (χ3n) is 10.3. The summed E-state index contributed by atoms with van der Waals surface area (Å²) in [6.07, 6.45) is 12.6. The van der Waals surface area contributed by atoms with Gasteiger partial charge in [-0.25, -0.2) is 4.79 Å². The van der Waals surface area contributed by atoms with Crippen molar-refractivity contribution in [1.29, 1.82) is 0 Å². The van der Waals surface area contributed by atoms with Crippen molar-refractivity contribution in [3.05, 3.63) is 80.9 Å². The normalized spacial score (nSPS) is 29.2. The predicted molar refractivity (Wildman–Crippen MR) is 180 cm³/mol. The minimum atomic E-state index is -1.19. The summed E-state index contributed by atoms with van der Waals surface area (Å²) in [5.41, 5.74) is 3.05. The van der Waals surface area contributed by atoms with Crippen LogP contribution in [-0.2, 0) is 25.5 Å². The maximum absolute atomic E-state index is 13.3. The molecule has 1 saturated heterocycles. The van der Waals surface area contributed by atoms with E-state index >= 15 is 0 Å². The summed E-state index contributed by atoms with van der Waals surface area (Å²) in [7, 11) is 0. The monoisotopic (exact) mass is 648 g/mol. The lowest BCUT2D eigenvalue weighted by Gasteiger charge is -2.50. The summed E-state index contributed by atoms with van der Waals surface area (Å²) in [5, 5.41) is 26.8. The molecule has 8 nitrogen and oxygen atoms in total. The first-order valence-corrected chi connectivity index (χ1v) is 17.5. The molecule has 248 valence electrons. The number of carbonyl (C=O) groups is 3. The highest BCUT2D eigenvalue weighted by Gasteiger charge is 2.54. The Labute approximate surface area is 276 Å². The topological polar surface area (TPSA) is 116 Å². The van der Waals surface area contributed by atoms with Crippen molar-refractivity contribution >= 4 is 29.1 Å². The number of unbranched alkanes of at least 4 members (excludes halogenated alkanes) is 2. The molecule has 0 bridgehead atoms. The molecule has 2 amide bonds. The molecular formula is C37H48N2O6S. The number of ether oxygens (including phenoxy) is 1. The van der Waals surface area contributed by atoms with Crippen LogP contribution in [0, 0.1) is 17.3 Å². The van der Waals surface area contributed by atoms with Crippen molar-refractivity contribution in [3.63, 3.8) is 0 Å². The number of aliphatic carboxylic acids is 1. The Morgan fingerprint density at radius 1 is 1.22 bits per heavy atom. The molecule has 5 rings (SSSR count). The standard InChI is InChI=1S/C37H48N2O6S/c1-6-7-8-10-24-18-30(40)37(5,28-17-23(4)12-14-27(28)22(2)3)31(19-24)45-21-25-13-15-29-33(35(42)39(29)34(25)36(43)44)38-32(41)20-26-11-9-16-46-26/h9,11,16-19,27-30,33,40H,2,6-8,10,12-15,20-21H2,1,3-5H3,(H,38,41)(H,43,44)/t27-,28+,29+,30?,33-,37?/m0/s1. The first kappa shape index (κ1) is 33.9. The van der Waals surface area contributed by atoms with Crippen LogP contribution >= 0.6 is 11.3 Å². The molecular weight excluding hydrogens is 600 g/mol. The van der Waals surface area contributed by atoms with Crippen molar-refractivity contribution < 1.29 is 29.3 Å². The summed E-state index contributed by atoms with van der Waals surface area (Å²) in [4.78, 5) is 40.7. The molecule has 2 aliphatic heterocycles. The van der Waals surface area contributed by atoms with E-state index in [1.165, 1.54) is 21.8 Å². The number of carboxylic acids is 1. The van der Waals surface area contributed by atoms with E-state index in [0.29, 0.717) is 24.2 Å². The number of carboxylic acid groups (broad SMARTS) is 1. The third-order valence-corrected chi connectivity index (χ3v) is 11.2. The Kier molecular flexibility index (Phi) is 10.4. The molecule has 4 aliphatic rings. The molecule has 0 aromatic carbocycles. The van der Waals surface area contributed by atoms with E-state index in [0.717, 1.165) is 54.5 Å². The van der Waals surface area contributed by atoms with Crippen molar-refractivity contribution in [2.24, 2.45) is 17.3 Å². The second-order valence-corrected chi connectivity index (χ2v) is 14.7. The Bertz CT molecular complexity index is 1490. The lowest BCUT2D eigenvalue weighted by molar-refractivity contribution is -0.156. The number of β-lactam (4-membered cyclic amide) rings is 1. The van der Waals surface area contributed by atoms with Gasteiger partial charge in [0, 0.05) is 4.88 Å². The largest absolute Gasteiger partial charge is 0.493 e. The smallest absolute Gasteiger partial charge is 0.352 e. The molecule has 0 saturated carbocycles. The number of fused-ring (bicyclic) bond motifs is 1. The number of carbonyl (C=O) groups excluding carboxylic acids is 2. The number of rotatable bonds is 13. The molecule has 1 aromatic rings. The summed E-state index contributed by atoms with van der Waals surface area (Å²) < 4.78 is 6.61. The van der Waals surface area contributed by atoms with Gasteiger partial charge in [0.1, 0.15) is 24.1 Å². The molecule has 9 heteroatoms. The molecule has 3 N–H and O–H groups in total. The SMILES string of the molecule is C=C(C)[C@@H]1CCC(C)=C[C@H]1C1(C)C(OCC2=C(C(=O)O)N3C(=O)[C@@H](NC(=O)Cc4cccs4)[C@H]3CC2)=CC(CCCCC)=CC1O. The van der Waals surface area contributed by atoms with E-state index in [1.807, 2.05) is 37.4 Å². The van der Waals surface area contributed by atoms with Gasteiger partial charge in [0.15, 0.2) is 0 Å². The van der Waals surface area contributed by atoms with Crippen LogP contribution < -0.4 is 5.32 Å². The molecule has 2 unspecified atom stereocenters. The van der Waals surface area contributed by atoms with Crippen molar-refractivity contribution in [2.75, 3.05) is 6.61 Å². The fourth-order valence-electron chi connectivity index (χ4n) is 7.64. The second-order valence-electron chi connectivity index (χ2n) is 13.6. The highest BCUT2D eigenvalue weighted by atomic mass is 32.1. The molecule has 0 radical (unpaired) electrons. The number of nitrogens with one attached hydrogen (secondary N) is 1. The third kappa shape index (κ3) is 6.67. The zero-order valence-corrected chi connectivity index (χ0v) is 28.3. The minimum absolute atomic E-state index is 0.00290. The molecule has 0 spiro atoms. The fourth-order valence-corrected chi connectivity index (χ4v) is 8.34. The average molecular weight is 649 g/mol. The number of amides is 2.